The molecule has 1 aliphatic carbocycles. The summed E-state index contributed by atoms with van der Waals surface area (Å²) in [7, 11) is -1.35. The lowest BCUT2D eigenvalue weighted by atomic mass is 9.72. The molecule has 112 valence electrons. The third kappa shape index (κ3) is 2.81. The van der Waals surface area contributed by atoms with Gasteiger partial charge in [0.25, 0.3) is 0 Å². The van der Waals surface area contributed by atoms with Gasteiger partial charge < -0.3 is 10.5 Å². The molecule has 1 saturated carbocycles. The second kappa shape index (κ2) is 5.89. The van der Waals surface area contributed by atoms with Gasteiger partial charge in [-0.2, -0.15) is 11.8 Å². The third-order valence-corrected chi connectivity index (χ3v) is 7.73. The number of nitrogens with zero attached hydrogens (tertiary/aromatic N) is 1. The molecule has 1 saturated heterocycles. The van der Waals surface area contributed by atoms with Gasteiger partial charge in [-0.1, -0.05) is 6.92 Å². The Labute approximate surface area is 120 Å². The molecule has 2 aliphatic rings. The van der Waals surface area contributed by atoms with Gasteiger partial charge in [0, 0.05) is 43.0 Å². The van der Waals surface area contributed by atoms with Crippen LogP contribution in [0.5, 0.6) is 0 Å². The van der Waals surface area contributed by atoms with E-state index in [0.717, 1.165) is 25.1 Å². The molecule has 0 aromatic rings. The first kappa shape index (κ1) is 15.6. The summed E-state index contributed by atoms with van der Waals surface area (Å²) in [5, 5.41) is -0.377. The van der Waals surface area contributed by atoms with Crippen LogP contribution in [0.15, 0.2) is 0 Å². The smallest absolute Gasteiger partial charge is 0.166 e. The van der Waals surface area contributed by atoms with Crippen molar-refractivity contribution in [3.8, 4) is 0 Å². The highest BCUT2D eigenvalue weighted by Gasteiger charge is 2.52. The van der Waals surface area contributed by atoms with Crippen LogP contribution in [0.1, 0.15) is 19.8 Å². The molecule has 0 bridgehead atoms. The van der Waals surface area contributed by atoms with Gasteiger partial charge >= 0.3 is 0 Å². The van der Waals surface area contributed by atoms with Crippen LogP contribution in [-0.2, 0) is 14.6 Å². The third-order valence-electron chi connectivity index (χ3n) is 4.44. The van der Waals surface area contributed by atoms with Gasteiger partial charge in [0.05, 0.1) is 6.10 Å². The molecule has 2 fully saturated rings. The molecule has 1 heterocycles. The van der Waals surface area contributed by atoms with Crippen LogP contribution in [0.4, 0.5) is 0 Å². The van der Waals surface area contributed by atoms with Gasteiger partial charge in [-0.25, -0.2) is 8.42 Å². The Kier molecular flexibility index (Phi) is 4.83. The highest BCUT2D eigenvalue weighted by Crippen LogP contribution is 2.42. The Morgan fingerprint density at radius 3 is 2.68 bits per heavy atom. The number of hydrogen-bond acceptors (Lipinski definition) is 6. The van der Waals surface area contributed by atoms with Gasteiger partial charge in [-0.05, 0) is 12.8 Å². The summed E-state index contributed by atoms with van der Waals surface area (Å²) in [6, 6.07) is 0. The van der Waals surface area contributed by atoms with Crippen LogP contribution in [-0.4, -0.2) is 67.8 Å². The zero-order valence-electron chi connectivity index (χ0n) is 11.7. The highest BCUT2D eigenvalue weighted by atomic mass is 32.2. The molecule has 0 aromatic heterocycles. The second-order valence-electron chi connectivity index (χ2n) is 5.37. The van der Waals surface area contributed by atoms with Crippen LogP contribution in [0.25, 0.3) is 0 Å². The molecule has 1 aliphatic heterocycles. The fourth-order valence-corrected chi connectivity index (χ4v) is 6.18. The predicted octanol–water partition coefficient (Wildman–Crippen LogP) is 0.302. The first-order valence-corrected chi connectivity index (χ1v) is 9.65. The van der Waals surface area contributed by atoms with Crippen molar-refractivity contribution in [3.63, 3.8) is 0 Å². The fourth-order valence-electron chi connectivity index (χ4n) is 3.09. The number of nitrogens with two attached hydrogens (primary N) is 1. The van der Waals surface area contributed by atoms with Crippen LogP contribution in [0, 0.1) is 0 Å². The minimum Gasteiger partial charge on any atom is -0.381 e. The Hall–Kier alpha value is 0.180. The lowest BCUT2D eigenvalue weighted by molar-refractivity contribution is -0.0890. The Morgan fingerprint density at radius 1 is 1.47 bits per heavy atom. The number of sulfone groups is 1. The average molecular weight is 308 g/mol. The molecule has 0 aromatic carbocycles. The monoisotopic (exact) mass is 308 g/mol. The number of rotatable bonds is 5. The minimum absolute atomic E-state index is 0.172. The van der Waals surface area contributed by atoms with E-state index in [1.165, 1.54) is 0 Å². The van der Waals surface area contributed by atoms with E-state index in [1.54, 1.807) is 25.8 Å². The van der Waals surface area contributed by atoms with Crippen molar-refractivity contribution in [1.82, 2.24) is 4.90 Å². The maximum Gasteiger partial charge on any atom is 0.166 e. The van der Waals surface area contributed by atoms with Gasteiger partial charge in [-0.3, -0.25) is 4.90 Å². The van der Waals surface area contributed by atoms with Crippen LogP contribution >= 0.6 is 11.8 Å². The molecule has 19 heavy (non-hydrogen) atoms. The van der Waals surface area contributed by atoms with Crippen LogP contribution < -0.4 is 5.73 Å². The Morgan fingerprint density at radius 2 is 2.16 bits per heavy atom. The van der Waals surface area contributed by atoms with Crippen molar-refractivity contribution in [2.45, 2.75) is 36.8 Å². The van der Waals surface area contributed by atoms with Crippen LogP contribution in [0.3, 0.4) is 0 Å². The molecule has 0 radical (unpaired) electrons. The van der Waals surface area contributed by atoms with Crippen molar-refractivity contribution < 1.29 is 13.2 Å². The first-order chi connectivity index (χ1) is 8.99. The molecule has 0 spiro atoms. The summed E-state index contributed by atoms with van der Waals surface area (Å²) in [6.45, 7) is 3.04. The molecular weight excluding hydrogens is 284 g/mol. The van der Waals surface area contributed by atoms with Crippen molar-refractivity contribution in [3.05, 3.63) is 0 Å². The average Bonchev–Trinajstić information content (AvgIpc) is 2.39. The van der Waals surface area contributed by atoms with E-state index in [0.29, 0.717) is 12.3 Å². The largest absolute Gasteiger partial charge is 0.381 e. The summed E-state index contributed by atoms with van der Waals surface area (Å²) in [6.07, 6.45) is 1.92. The lowest BCUT2D eigenvalue weighted by Crippen LogP contribution is -2.69. The van der Waals surface area contributed by atoms with Gasteiger partial charge in [0.15, 0.2) is 9.84 Å². The zero-order valence-corrected chi connectivity index (χ0v) is 13.3. The summed E-state index contributed by atoms with van der Waals surface area (Å²) in [5.74, 6) is 1.84. The molecule has 1 unspecified atom stereocenters. The van der Waals surface area contributed by atoms with E-state index in [-0.39, 0.29) is 22.8 Å². The molecule has 5 nitrogen and oxygen atoms in total. The molecule has 2 rings (SSSR count). The van der Waals surface area contributed by atoms with Crippen molar-refractivity contribution in [2.75, 3.05) is 37.5 Å². The number of thioether (sulfide) groups is 1. The highest BCUT2D eigenvalue weighted by molar-refractivity contribution is 8.01. The molecule has 2 N–H and O–H groups in total. The summed E-state index contributed by atoms with van der Waals surface area (Å²) in [4.78, 5) is 2.15. The maximum absolute atomic E-state index is 12.3. The first-order valence-electron chi connectivity index (χ1n) is 6.78. The number of hydrogen-bond donors (Lipinski definition) is 1. The Balaban J connectivity index is 2.20. The van der Waals surface area contributed by atoms with Gasteiger partial charge in [0.2, 0.25) is 0 Å². The van der Waals surface area contributed by atoms with Crippen molar-refractivity contribution in [2.24, 2.45) is 5.73 Å². The molecule has 1 atom stereocenters. The lowest BCUT2D eigenvalue weighted by Gasteiger charge is -2.56. The summed E-state index contributed by atoms with van der Waals surface area (Å²) < 4.78 is 29.9. The van der Waals surface area contributed by atoms with E-state index >= 15 is 0 Å². The van der Waals surface area contributed by atoms with E-state index in [9.17, 15) is 8.42 Å². The number of methoxy groups -OCH3 is 1. The fraction of sp³-hybridized carbons (Fsp3) is 1.00. The van der Waals surface area contributed by atoms with Crippen LogP contribution in [0.2, 0.25) is 0 Å². The molecule has 7 heteroatoms. The standard InChI is InChI=1S/C12H24N2O3S2/c1-3-19(15,16)11-8-18-5-4-14(11)12(9-13)6-10(7-12)17-2/h10-11H,3-9,13H2,1-2H3. The zero-order chi connectivity index (χ0) is 14.1. The maximum atomic E-state index is 12.3. The van der Waals surface area contributed by atoms with Gasteiger partial charge in [0.1, 0.15) is 5.37 Å². The van der Waals surface area contributed by atoms with E-state index in [2.05, 4.69) is 4.90 Å². The molecular formula is C12H24N2O3S2. The molecule has 0 amide bonds. The van der Waals surface area contributed by atoms with E-state index in [1.807, 2.05) is 0 Å². The SMILES string of the molecule is CCS(=O)(=O)C1CSCCN1C1(CN)CC(OC)C1. The van der Waals surface area contributed by atoms with E-state index < -0.39 is 9.84 Å². The quantitative estimate of drug-likeness (QED) is 0.788. The summed E-state index contributed by atoms with van der Waals surface area (Å²) in [5.41, 5.74) is 5.79. The van der Waals surface area contributed by atoms with Crippen molar-refractivity contribution in [1.29, 1.82) is 0 Å². The van der Waals surface area contributed by atoms with E-state index in [4.69, 9.17) is 10.5 Å². The minimum atomic E-state index is -3.06. The summed E-state index contributed by atoms with van der Waals surface area (Å²) >= 11 is 1.72. The predicted molar refractivity (Wildman–Crippen MR) is 79.1 cm³/mol. The van der Waals surface area contributed by atoms with Gasteiger partial charge in [-0.15, -0.1) is 0 Å². The van der Waals surface area contributed by atoms with Crippen molar-refractivity contribution >= 4 is 21.6 Å². The Bertz CT molecular complexity index is 407. The topological polar surface area (TPSA) is 72.6 Å². The second-order valence-corrected chi connectivity index (χ2v) is 8.97. The number of ether oxygens (including phenoxy) is 1. The normalized spacial score (nSPS) is 37.0.